The van der Waals surface area contributed by atoms with Gasteiger partial charge in [-0.25, -0.2) is 9.97 Å². The molecule has 5 nitrogen and oxygen atoms in total. The van der Waals surface area contributed by atoms with Gasteiger partial charge >= 0.3 is 0 Å². The Morgan fingerprint density at radius 2 is 1.88 bits per heavy atom. The highest BCUT2D eigenvalue weighted by Gasteiger charge is 2.28. The maximum atomic E-state index is 5.00. The molecular formula is C21H31N5. The van der Waals surface area contributed by atoms with Gasteiger partial charge in [-0.3, -0.25) is 14.5 Å². The van der Waals surface area contributed by atoms with E-state index in [2.05, 4.69) is 33.3 Å². The third-order valence-electron chi connectivity index (χ3n) is 6.04. The van der Waals surface area contributed by atoms with Crippen LogP contribution in [0.2, 0.25) is 0 Å². The van der Waals surface area contributed by atoms with E-state index in [1.165, 1.54) is 51.5 Å². The summed E-state index contributed by atoms with van der Waals surface area (Å²) in [5.74, 6) is 2.82. The van der Waals surface area contributed by atoms with Crippen LogP contribution in [0.5, 0.6) is 0 Å². The van der Waals surface area contributed by atoms with Gasteiger partial charge in [0.05, 0.1) is 11.9 Å². The molecule has 0 N–H and O–H groups in total. The van der Waals surface area contributed by atoms with Crippen LogP contribution in [0.15, 0.2) is 24.8 Å². The third kappa shape index (κ3) is 3.68. The van der Waals surface area contributed by atoms with Crippen LogP contribution in [0.1, 0.15) is 82.1 Å². The minimum atomic E-state index is 0.368. The lowest BCUT2D eigenvalue weighted by Crippen LogP contribution is -2.43. The molecule has 0 spiro atoms. The second-order valence-electron chi connectivity index (χ2n) is 8.24. The first kappa shape index (κ1) is 17.7. The van der Waals surface area contributed by atoms with Crippen molar-refractivity contribution in [1.29, 1.82) is 0 Å². The predicted octanol–water partition coefficient (Wildman–Crippen LogP) is 4.30. The topological polar surface area (TPSA) is 46.8 Å². The lowest BCUT2D eigenvalue weighted by Gasteiger charge is -2.39. The lowest BCUT2D eigenvalue weighted by molar-refractivity contribution is 0.118. The Labute approximate surface area is 156 Å². The summed E-state index contributed by atoms with van der Waals surface area (Å²) in [5, 5.41) is 0. The Balaban J connectivity index is 1.53. The van der Waals surface area contributed by atoms with Gasteiger partial charge in [0, 0.05) is 43.0 Å². The minimum Gasteiger partial charge on any atom is -0.300 e. The van der Waals surface area contributed by atoms with E-state index in [9.17, 15) is 0 Å². The summed E-state index contributed by atoms with van der Waals surface area (Å²) in [7, 11) is 0. The molecular weight excluding hydrogens is 322 g/mol. The minimum absolute atomic E-state index is 0.368. The Morgan fingerprint density at radius 3 is 2.69 bits per heavy atom. The van der Waals surface area contributed by atoms with Gasteiger partial charge in [-0.05, 0) is 32.2 Å². The highest BCUT2D eigenvalue weighted by atomic mass is 15.2. The zero-order valence-electron chi connectivity index (χ0n) is 16.1. The second-order valence-corrected chi connectivity index (χ2v) is 8.24. The number of piperidine rings is 1. The Kier molecular flexibility index (Phi) is 5.34. The van der Waals surface area contributed by atoms with E-state index in [0.717, 1.165) is 29.9 Å². The predicted molar refractivity (Wildman–Crippen MR) is 104 cm³/mol. The molecule has 1 saturated heterocycles. The molecule has 0 amide bonds. The first-order valence-corrected chi connectivity index (χ1v) is 10.3. The number of imidazole rings is 1. The third-order valence-corrected chi connectivity index (χ3v) is 6.04. The standard InChI is InChI=1S/C21H31N5/c1-16(2)21-23-10-12-26(21)20-14-22-13-19(24-20)17-7-6-11-25(15-17)18-8-4-3-5-9-18/h10,12-14,16-18H,3-9,11,15H2,1-2H3. The SMILES string of the molecule is CC(C)c1nccn1-c1cncc(C2CCCN(C3CCCCC3)C2)n1. The molecule has 0 bridgehead atoms. The summed E-state index contributed by atoms with van der Waals surface area (Å²) in [6.07, 6.45) is 17.2. The Hall–Kier alpha value is -1.75. The van der Waals surface area contributed by atoms with Gasteiger partial charge in [-0.15, -0.1) is 0 Å². The van der Waals surface area contributed by atoms with Crippen molar-refractivity contribution >= 4 is 0 Å². The van der Waals surface area contributed by atoms with E-state index in [1.54, 1.807) is 0 Å². The Bertz CT molecular complexity index is 717. The normalized spacial score (nSPS) is 22.8. The van der Waals surface area contributed by atoms with Crippen molar-refractivity contribution in [1.82, 2.24) is 24.4 Å². The quantitative estimate of drug-likeness (QED) is 0.822. The molecule has 1 aliphatic carbocycles. The summed E-state index contributed by atoms with van der Waals surface area (Å²) in [5.41, 5.74) is 1.14. The van der Waals surface area contributed by atoms with Crippen LogP contribution in [0.4, 0.5) is 0 Å². The molecule has 26 heavy (non-hydrogen) atoms. The monoisotopic (exact) mass is 353 g/mol. The molecule has 2 fully saturated rings. The van der Waals surface area contributed by atoms with Gasteiger partial charge in [0.2, 0.25) is 0 Å². The van der Waals surface area contributed by atoms with E-state index in [0.29, 0.717) is 11.8 Å². The molecule has 1 unspecified atom stereocenters. The van der Waals surface area contributed by atoms with Crippen LogP contribution >= 0.6 is 0 Å². The molecule has 140 valence electrons. The Morgan fingerprint density at radius 1 is 1.04 bits per heavy atom. The second kappa shape index (κ2) is 7.87. The smallest absolute Gasteiger partial charge is 0.156 e. The summed E-state index contributed by atoms with van der Waals surface area (Å²) in [4.78, 5) is 16.7. The number of hydrogen-bond donors (Lipinski definition) is 0. The number of rotatable bonds is 4. The van der Waals surface area contributed by atoms with Crippen molar-refractivity contribution in [2.75, 3.05) is 13.1 Å². The fourth-order valence-electron chi connectivity index (χ4n) is 4.64. The van der Waals surface area contributed by atoms with Gasteiger partial charge in [0.1, 0.15) is 5.82 Å². The maximum Gasteiger partial charge on any atom is 0.156 e. The summed E-state index contributed by atoms with van der Waals surface area (Å²) in [6, 6.07) is 0.795. The average Bonchev–Trinajstić information content (AvgIpc) is 3.19. The van der Waals surface area contributed by atoms with E-state index in [4.69, 9.17) is 4.98 Å². The number of nitrogens with zero attached hydrogens (tertiary/aromatic N) is 5. The van der Waals surface area contributed by atoms with Crippen LogP contribution in [0.3, 0.4) is 0 Å². The lowest BCUT2D eigenvalue weighted by atomic mass is 9.89. The van der Waals surface area contributed by atoms with Gasteiger partial charge in [-0.1, -0.05) is 33.1 Å². The van der Waals surface area contributed by atoms with Crippen molar-refractivity contribution in [3.8, 4) is 5.82 Å². The molecule has 2 aliphatic rings. The average molecular weight is 354 g/mol. The first-order chi connectivity index (χ1) is 12.7. The van der Waals surface area contributed by atoms with E-state index in [1.807, 2.05) is 24.8 Å². The molecule has 0 aromatic carbocycles. The number of hydrogen-bond acceptors (Lipinski definition) is 4. The molecule has 1 aliphatic heterocycles. The van der Waals surface area contributed by atoms with Crippen molar-refractivity contribution in [2.45, 2.75) is 76.7 Å². The zero-order valence-corrected chi connectivity index (χ0v) is 16.1. The summed E-state index contributed by atoms with van der Waals surface area (Å²) in [6.45, 7) is 6.73. The van der Waals surface area contributed by atoms with Crippen LogP contribution in [0.25, 0.3) is 5.82 Å². The molecule has 2 aromatic rings. The van der Waals surface area contributed by atoms with Crippen LogP contribution in [0, 0.1) is 0 Å². The van der Waals surface area contributed by atoms with Crippen LogP contribution in [-0.2, 0) is 0 Å². The van der Waals surface area contributed by atoms with Crippen LogP contribution in [-0.4, -0.2) is 43.6 Å². The fourth-order valence-corrected chi connectivity index (χ4v) is 4.64. The van der Waals surface area contributed by atoms with Gasteiger partial charge in [-0.2, -0.15) is 0 Å². The van der Waals surface area contributed by atoms with E-state index >= 15 is 0 Å². The first-order valence-electron chi connectivity index (χ1n) is 10.3. The highest BCUT2D eigenvalue weighted by Crippen LogP contribution is 2.31. The molecule has 1 saturated carbocycles. The van der Waals surface area contributed by atoms with Crippen LogP contribution < -0.4 is 0 Å². The largest absolute Gasteiger partial charge is 0.300 e. The molecule has 5 heteroatoms. The van der Waals surface area contributed by atoms with Crippen molar-refractivity contribution in [2.24, 2.45) is 0 Å². The fraction of sp³-hybridized carbons (Fsp3) is 0.667. The molecule has 2 aromatic heterocycles. The highest BCUT2D eigenvalue weighted by molar-refractivity contribution is 5.25. The number of aromatic nitrogens is 4. The van der Waals surface area contributed by atoms with Crippen molar-refractivity contribution in [3.63, 3.8) is 0 Å². The maximum absolute atomic E-state index is 5.00. The van der Waals surface area contributed by atoms with Crippen molar-refractivity contribution < 1.29 is 0 Å². The number of likely N-dealkylation sites (tertiary alicyclic amines) is 1. The van der Waals surface area contributed by atoms with E-state index in [-0.39, 0.29) is 0 Å². The van der Waals surface area contributed by atoms with Crippen molar-refractivity contribution in [3.05, 3.63) is 36.3 Å². The zero-order chi connectivity index (χ0) is 17.9. The molecule has 3 heterocycles. The van der Waals surface area contributed by atoms with Gasteiger partial charge in [0.25, 0.3) is 0 Å². The van der Waals surface area contributed by atoms with Gasteiger partial charge < -0.3 is 0 Å². The molecule has 1 atom stereocenters. The van der Waals surface area contributed by atoms with E-state index < -0.39 is 0 Å². The molecule has 0 radical (unpaired) electrons. The molecule has 4 rings (SSSR count). The summed E-state index contributed by atoms with van der Waals surface area (Å²) >= 11 is 0. The van der Waals surface area contributed by atoms with Gasteiger partial charge in [0.15, 0.2) is 5.82 Å². The summed E-state index contributed by atoms with van der Waals surface area (Å²) < 4.78 is 2.09.